The highest BCUT2D eigenvalue weighted by Gasteiger charge is 2.11. The SMILES string of the molecule is CC(=O)c1cccc(NC(=O)NCCOc2ccc3c(c2)CCC3)c1. The molecule has 2 amide bonds. The number of nitrogens with one attached hydrogen (secondary N) is 2. The van der Waals surface area contributed by atoms with Crippen molar-refractivity contribution in [2.45, 2.75) is 26.2 Å². The van der Waals surface area contributed by atoms with Crippen LogP contribution in [0, 0.1) is 0 Å². The summed E-state index contributed by atoms with van der Waals surface area (Å²) in [4.78, 5) is 23.3. The van der Waals surface area contributed by atoms with Gasteiger partial charge < -0.3 is 15.4 Å². The number of aryl methyl sites for hydroxylation is 2. The molecule has 0 aliphatic heterocycles. The Labute approximate surface area is 147 Å². The van der Waals surface area contributed by atoms with Crippen LogP contribution in [0.2, 0.25) is 0 Å². The third-order valence-corrected chi connectivity index (χ3v) is 4.25. The number of amides is 2. The van der Waals surface area contributed by atoms with Gasteiger partial charge in [0.2, 0.25) is 0 Å². The Morgan fingerprint density at radius 1 is 1.08 bits per heavy atom. The van der Waals surface area contributed by atoms with Gasteiger partial charge >= 0.3 is 6.03 Å². The lowest BCUT2D eigenvalue weighted by Gasteiger charge is -2.10. The van der Waals surface area contributed by atoms with Gasteiger partial charge in [-0.25, -0.2) is 4.79 Å². The van der Waals surface area contributed by atoms with Crippen molar-refractivity contribution in [2.24, 2.45) is 0 Å². The van der Waals surface area contributed by atoms with Crippen LogP contribution in [0.25, 0.3) is 0 Å². The molecule has 0 fully saturated rings. The number of hydrogen-bond donors (Lipinski definition) is 2. The minimum absolute atomic E-state index is 0.0354. The molecule has 2 aromatic carbocycles. The third kappa shape index (κ3) is 4.59. The lowest BCUT2D eigenvalue weighted by molar-refractivity contribution is 0.101. The molecule has 2 N–H and O–H groups in total. The van der Waals surface area contributed by atoms with Gasteiger partial charge in [-0.2, -0.15) is 0 Å². The van der Waals surface area contributed by atoms with Gasteiger partial charge in [-0.3, -0.25) is 4.79 Å². The van der Waals surface area contributed by atoms with E-state index in [1.165, 1.54) is 24.5 Å². The zero-order valence-corrected chi connectivity index (χ0v) is 14.3. The number of hydrogen-bond acceptors (Lipinski definition) is 3. The monoisotopic (exact) mass is 338 g/mol. The Balaban J connectivity index is 1.42. The van der Waals surface area contributed by atoms with Crippen molar-refractivity contribution in [3.8, 4) is 5.75 Å². The Morgan fingerprint density at radius 3 is 2.76 bits per heavy atom. The maximum absolute atomic E-state index is 11.9. The van der Waals surface area contributed by atoms with Crippen molar-refractivity contribution < 1.29 is 14.3 Å². The van der Waals surface area contributed by atoms with Gasteiger partial charge in [0.1, 0.15) is 12.4 Å². The smallest absolute Gasteiger partial charge is 0.319 e. The fourth-order valence-corrected chi connectivity index (χ4v) is 2.96. The van der Waals surface area contributed by atoms with Gasteiger partial charge in [0.15, 0.2) is 5.78 Å². The fraction of sp³-hybridized carbons (Fsp3) is 0.300. The van der Waals surface area contributed by atoms with E-state index in [0.717, 1.165) is 18.6 Å². The molecule has 5 heteroatoms. The van der Waals surface area contributed by atoms with Crippen LogP contribution in [0.3, 0.4) is 0 Å². The first-order valence-corrected chi connectivity index (χ1v) is 8.52. The van der Waals surface area contributed by atoms with E-state index in [4.69, 9.17) is 4.74 Å². The Morgan fingerprint density at radius 2 is 1.92 bits per heavy atom. The molecular weight excluding hydrogens is 316 g/mol. The number of ether oxygens (including phenoxy) is 1. The van der Waals surface area contributed by atoms with Crippen LogP contribution in [-0.2, 0) is 12.8 Å². The second-order valence-corrected chi connectivity index (χ2v) is 6.15. The van der Waals surface area contributed by atoms with Crippen LogP contribution < -0.4 is 15.4 Å². The highest BCUT2D eigenvalue weighted by Crippen LogP contribution is 2.25. The highest BCUT2D eigenvalue weighted by molar-refractivity contribution is 5.96. The molecule has 3 rings (SSSR count). The predicted molar refractivity (Wildman–Crippen MR) is 97.4 cm³/mol. The molecule has 5 nitrogen and oxygen atoms in total. The number of rotatable bonds is 6. The summed E-state index contributed by atoms with van der Waals surface area (Å²) in [7, 11) is 0. The Hall–Kier alpha value is -2.82. The predicted octanol–water partition coefficient (Wildman–Crippen LogP) is 3.58. The van der Waals surface area contributed by atoms with E-state index in [1.807, 2.05) is 6.07 Å². The molecule has 0 unspecified atom stereocenters. The molecular formula is C20H22N2O3. The maximum atomic E-state index is 11.9. The van der Waals surface area contributed by atoms with Crippen LogP contribution >= 0.6 is 0 Å². The number of benzene rings is 2. The summed E-state index contributed by atoms with van der Waals surface area (Å²) in [6.45, 7) is 2.30. The maximum Gasteiger partial charge on any atom is 0.319 e. The zero-order chi connectivity index (χ0) is 17.6. The minimum Gasteiger partial charge on any atom is -0.492 e. The molecule has 0 aromatic heterocycles. The summed E-state index contributed by atoms with van der Waals surface area (Å²) in [6, 6.07) is 12.7. The van der Waals surface area contributed by atoms with E-state index in [-0.39, 0.29) is 11.8 Å². The second-order valence-electron chi connectivity index (χ2n) is 6.15. The first-order valence-electron chi connectivity index (χ1n) is 8.52. The van der Waals surface area contributed by atoms with E-state index in [2.05, 4.69) is 22.8 Å². The van der Waals surface area contributed by atoms with Gasteiger partial charge in [-0.15, -0.1) is 0 Å². The van der Waals surface area contributed by atoms with Crippen molar-refractivity contribution in [1.29, 1.82) is 0 Å². The van der Waals surface area contributed by atoms with Gasteiger partial charge in [0, 0.05) is 11.3 Å². The number of carbonyl (C=O) groups is 2. The van der Waals surface area contributed by atoms with Crippen molar-refractivity contribution in [3.05, 3.63) is 59.2 Å². The largest absolute Gasteiger partial charge is 0.492 e. The average Bonchev–Trinajstić information content (AvgIpc) is 3.06. The number of fused-ring (bicyclic) bond motifs is 1. The standard InChI is InChI=1S/C20H22N2O3/c1-14(23)16-5-3-7-18(12-16)22-20(24)21-10-11-25-19-9-8-15-4-2-6-17(15)13-19/h3,5,7-9,12-13H,2,4,6,10-11H2,1H3,(H2,21,22,24). The van der Waals surface area contributed by atoms with Crippen molar-refractivity contribution >= 4 is 17.5 Å². The van der Waals surface area contributed by atoms with Crippen molar-refractivity contribution in [1.82, 2.24) is 5.32 Å². The zero-order valence-electron chi connectivity index (χ0n) is 14.3. The fourth-order valence-electron chi connectivity index (χ4n) is 2.96. The number of Topliss-reactive ketones (excluding diaryl/α,β-unsaturated/α-hetero) is 1. The lowest BCUT2D eigenvalue weighted by atomic mass is 10.1. The van der Waals surface area contributed by atoms with Crippen LogP contribution in [0.1, 0.15) is 34.8 Å². The number of carbonyl (C=O) groups excluding carboxylic acids is 2. The van der Waals surface area contributed by atoms with Crippen molar-refractivity contribution in [3.63, 3.8) is 0 Å². The van der Waals surface area contributed by atoms with Gasteiger partial charge in [-0.05, 0) is 61.6 Å². The molecule has 0 saturated carbocycles. The summed E-state index contributed by atoms with van der Waals surface area (Å²) in [6.07, 6.45) is 3.49. The number of ketones is 1. The highest BCUT2D eigenvalue weighted by atomic mass is 16.5. The summed E-state index contributed by atoms with van der Waals surface area (Å²) >= 11 is 0. The topological polar surface area (TPSA) is 67.4 Å². The molecule has 0 atom stereocenters. The molecule has 1 aliphatic carbocycles. The molecule has 25 heavy (non-hydrogen) atoms. The van der Waals surface area contributed by atoms with Crippen LogP contribution in [0.5, 0.6) is 5.75 Å². The molecule has 0 radical (unpaired) electrons. The van der Waals surface area contributed by atoms with E-state index in [0.29, 0.717) is 24.4 Å². The Bertz CT molecular complexity index is 786. The molecule has 130 valence electrons. The van der Waals surface area contributed by atoms with E-state index in [1.54, 1.807) is 24.3 Å². The van der Waals surface area contributed by atoms with E-state index < -0.39 is 0 Å². The minimum atomic E-state index is -0.321. The summed E-state index contributed by atoms with van der Waals surface area (Å²) in [5.41, 5.74) is 3.94. The van der Waals surface area contributed by atoms with Gasteiger partial charge in [0.05, 0.1) is 6.54 Å². The van der Waals surface area contributed by atoms with Crippen LogP contribution in [-0.4, -0.2) is 25.0 Å². The molecule has 0 saturated heterocycles. The van der Waals surface area contributed by atoms with E-state index in [9.17, 15) is 9.59 Å². The summed E-state index contributed by atoms with van der Waals surface area (Å²) in [5, 5.41) is 5.45. The Kier molecular flexibility index (Phi) is 5.33. The van der Waals surface area contributed by atoms with Gasteiger partial charge in [0.25, 0.3) is 0 Å². The normalized spacial score (nSPS) is 12.4. The quantitative estimate of drug-likeness (QED) is 0.625. The number of urea groups is 1. The number of anilines is 1. The van der Waals surface area contributed by atoms with E-state index >= 15 is 0 Å². The molecule has 0 bridgehead atoms. The molecule has 0 spiro atoms. The molecule has 0 heterocycles. The first kappa shape index (κ1) is 17.0. The molecule has 2 aromatic rings. The van der Waals surface area contributed by atoms with Gasteiger partial charge in [-0.1, -0.05) is 18.2 Å². The van der Waals surface area contributed by atoms with Crippen LogP contribution in [0.4, 0.5) is 10.5 Å². The third-order valence-electron chi connectivity index (χ3n) is 4.25. The lowest BCUT2D eigenvalue weighted by Crippen LogP contribution is -2.32. The van der Waals surface area contributed by atoms with Crippen LogP contribution in [0.15, 0.2) is 42.5 Å². The summed E-state index contributed by atoms with van der Waals surface area (Å²) in [5.74, 6) is 0.809. The summed E-state index contributed by atoms with van der Waals surface area (Å²) < 4.78 is 5.70. The second kappa shape index (κ2) is 7.83. The molecule has 1 aliphatic rings. The first-order chi connectivity index (χ1) is 12.1. The van der Waals surface area contributed by atoms with Crippen molar-refractivity contribution in [2.75, 3.05) is 18.5 Å². The average molecular weight is 338 g/mol.